The molecule has 3 nitrogen and oxygen atoms in total. The molecule has 1 fully saturated rings. The van der Waals surface area contributed by atoms with Crippen molar-refractivity contribution in [2.75, 3.05) is 12.8 Å². The number of rotatable bonds is 4. The van der Waals surface area contributed by atoms with Crippen molar-refractivity contribution in [3.63, 3.8) is 0 Å². The van der Waals surface area contributed by atoms with Crippen molar-refractivity contribution in [1.82, 2.24) is 10.9 Å². The summed E-state index contributed by atoms with van der Waals surface area (Å²) in [4.78, 5) is 1.31. The summed E-state index contributed by atoms with van der Waals surface area (Å²) in [6, 6.07) is 9.65. The van der Waals surface area contributed by atoms with E-state index in [0.717, 1.165) is 13.0 Å². The van der Waals surface area contributed by atoms with Crippen LogP contribution in [0, 0.1) is 5.92 Å². The monoisotopic (exact) mass is 251 g/mol. The van der Waals surface area contributed by atoms with E-state index in [1.54, 1.807) is 11.8 Å². The zero-order valence-corrected chi connectivity index (χ0v) is 11.3. The van der Waals surface area contributed by atoms with Gasteiger partial charge in [-0.1, -0.05) is 12.1 Å². The van der Waals surface area contributed by atoms with E-state index in [1.165, 1.54) is 10.5 Å². The third-order valence-electron chi connectivity index (χ3n) is 3.51. The lowest BCUT2D eigenvalue weighted by atomic mass is 9.88. The number of nitrogens with one attached hydrogen (secondary N) is 2. The maximum Gasteiger partial charge on any atom is 0.0506 e. The Balaban J connectivity index is 2.14. The van der Waals surface area contributed by atoms with Gasteiger partial charge in [0.1, 0.15) is 0 Å². The minimum atomic E-state index is 0.379. The van der Waals surface area contributed by atoms with Gasteiger partial charge in [-0.25, -0.2) is 5.43 Å². The molecule has 0 aromatic heterocycles. The molecule has 3 atom stereocenters. The van der Waals surface area contributed by atoms with Crippen molar-refractivity contribution in [2.24, 2.45) is 11.7 Å². The van der Waals surface area contributed by atoms with Crippen LogP contribution in [0.1, 0.15) is 24.9 Å². The average molecular weight is 251 g/mol. The predicted molar refractivity (Wildman–Crippen MR) is 73.9 cm³/mol. The second-order valence-corrected chi connectivity index (χ2v) is 5.45. The van der Waals surface area contributed by atoms with Crippen molar-refractivity contribution in [2.45, 2.75) is 30.3 Å². The molecule has 1 aliphatic heterocycles. The molecule has 0 bridgehead atoms. The van der Waals surface area contributed by atoms with Gasteiger partial charge in [0, 0.05) is 10.9 Å². The zero-order chi connectivity index (χ0) is 12.3. The quantitative estimate of drug-likeness (QED) is 0.716. The Bertz CT molecular complexity index is 352. The van der Waals surface area contributed by atoms with Crippen LogP contribution in [0.25, 0.3) is 0 Å². The number of hydrogen-bond acceptors (Lipinski definition) is 4. The van der Waals surface area contributed by atoms with E-state index < -0.39 is 0 Å². The molecule has 4 heteroatoms. The van der Waals surface area contributed by atoms with Gasteiger partial charge in [-0.3, -0.25) is 5.43 Å². The Hall–Kier alpha value is -0.550. The maximum absolute atomic E-state index is 5.70. The van der Waals surface area contributed by atoms with E-state index in [1.807, 2.05) is 0 Å². The third kappa shape index (κ3) is 2.83. The van der Waals surface area contributed by atoms with Gasteiger partial charge < -0.3 is 5.73 Å². The van der Waals surface area contributed by atoms with Crippen molar-refractivity contribution < 1.29 is 0 Å². The number of thioether (sulfide) groups is 1. The Morgan fingerprint density at radius 3 is 2.53 bits per heavy atom. The van der Waals surface area contributed by atoms with Gasteiger partial charge in [0.15, 0.2) is 0 Å². The first-order valence-corrected chi connectivity index (χ1v) is 7.34. The summed E-state index contributed by atoms with van der Waals surface area (Å²) >= 11 is 1.78. The summed E-state index contributed by atoms with van der Waals surface area (Å²) in [6.45, 7) is 2.96. The molecule has 1 aliphatic rings. The van der Waals surface area contributed by atoms with Crippen molar-refractivity contribution >= 4 is 11.8 Å². The molecule has 1 aromatic rings. The fourth-order valence-corrected chi connectivity index (χ4v) is 2.88. The standard InChI is InChI=1S/C13H21N3S/c1-9-12(7-8-14)13(16-15-9)10-3-5-11(17-2)6-4-10/h3-6,9,12-13,15-16H,7-8,14H2,1-2H3. The Kier molecular flexibility index (Phi) is 4.45. The molecule has 94 valence electrons. The minimum absolute atomic E-state index is 0.379. The molecule has 0 radical (unpaired) electrons. The lowest BCUT2D eigenvalue weighted by Gasteiger charge is -2.20. The molecule has 1 aromatic carbocycles. The number of benzene rings is 1. The van der Waals surface area contributed by atoms with Crippen LogP contribution in [0.5, 0.6) is 0 Å². The van der Waals surface area contributed by atoms with Gasteiger partial charge in [0.05, 0.1) is 6.04 Å². The lowest BCUT2D eigenvalue weighted by Crippen LogP contribution is -2.29. The minimum Gasteiger partial charge on any atom is -0.330 e. The molecule has 2 rings (SSSR count). The smallest absolute Gasteiger partial charge is 0.0506 e. The second kappa shape index (κ2) is 5.87. The van der Waals surface area contributed by atoms with E-state index in [0.29, 0.717) is 18.0 Å². The van der Waals surface area contributed by atoms with E-state index in [9.17, 15) is 0 Å². The van der Waals surface area contributed by atoms with Crippen LogP contribution in [0.4, 0.5) is 0 Å². The molecule has 0 saturated carbocycles. The number of hydrogen-bond donors (Lipinski definition) is 3. The largest absolute Gasteiger partial charge is 0.330 e. The average Bonchev–Trinajstić information content (AvgIpc) is 2.72. The molecular weight excluding hydrogens is 230 g/mol. The van der Waals surface area contributed by atoms with E-state index in [2.05, 4.69) is 48.3 Å². The Morgan fingerprint density at radius 2 is 1.94 bits per heavy atom. The van der Waals surface area contributed by atoms with Crippen molar-refractivity contribution in [3.05, 3.63) is 29.8 Å². The molecule has 4 N–H and O–H groups in total. The fourth-order valence-electron chi connectivity index (χ4n) is 2.47. The molecule has 0 amide bonds. The lowest BCUT2D eigenvalue weighted by molar-refractivity contribution is 0.409. The van der Waals surface area contributed by atoms with Gasteiger partial charge in [-0.05, 0) is 49.8 Å². The number of hydrazine groups is 1. The zero-order valence-electron chi connectivity index (χ0n) is 10.4. The highest BCUT2D eigenvalue weighted by Gasteiger charge is 2.32. The van der Waals surface area contributed by atoms with Crippen molar-refractivity contribution in [3.8, 4) is 0 Å². The van der Waals surface area contributed by atoms with Gasteiger partial charge in [-0.2, -0.15) is 0 Å². The van der Waals surface area contributed by atoms with Gasteiger partial charge >= 0.3 is 0 Å². The topological polar surface area (TPSA) is 50.1 Å². The van der Waals surface area contributed by atoms with E-state index in [4.69, 9.17) is 5.73 Å². The summed E-state index contributed by atoms with van der Waals surface area (Å²) in [7, 11) is 0. The molecule has 0 spiro atoms. The second-order valence-electron chi connectivity index (χ2n) is 4.57. The van der Waals surface area contributed by atoms with E-state index >= 15 is 0 Å². The van der Waals surface area contributed by atoms with Crippen LogP contribution < -0.4 is 16.6 Å². The highest BCUT2D eigenvalue weighted by molar-refractivity contribution is 7.98. The van der Waals surface area contributed by atoms with Crippen LogP contribution >= 0.6 is 11.8 Å². The SMILES string of the molecule is CSc1ccc(C2NNC(C)C2CCN)cc1. The summed E-state index contributed by atoms with van der Waals surface area (Å²) in [5.41, 5.74) is 13.7. The van der Waals surface area contributed by atoms with Gasteiger partial charge in [0.2, 0.25) is 0 Å². The summed E-state index contributed by atoms with van der Waals surface area (Å²) in [6.07, 6.45) is 3.15. The van der Waals surface area contributed by atoms with Gasteiger partial charge in [-0.15, -0.1) is 11.8 Å². The highest BCUT2D eigenvalue weighted by Crippen LogP contribution is 2.31. The number of nitrogens with two attached hydrogens (primary N) is 1. The van der Waals surface area contributed by atoms with Crippen LogP contribution in [-0.4, -0.2) is 18.8 Å². The molecule has 17 heavy (non-hydrogen) atoms. The third-order valence-corrected chi connectivity index (χ3v) is 4.26. The molecule has 3 unspecified atom stereocenters. The van der Waals surface area contributed by atoms with Crippen molar-refractivity contribution in [1.29, 1.82) is 0 Å². The predicted octanol–water partition coefficient (Wildman–Crippen LogP) is 1.91. The molecule has 0 aliphatic carbocycles. The Labute approximate surface area is 108 Å². The summed E-state index contributed by atoms with van der Waals surface area (Å²) < 4.78 is 0. The van der Waals surface area contributed by atoms with Crippen LogP contribution in [0.2, 0.25) is 0 Å². The summed E-state index contributed by atoms with van der Waals surface area (Å²) in [5.74, 6) is 0.570. The Morgan fingerprint density at radius 1 is 1.24 bits per heavy atom. The van der Waals surface area contributed by atoms with Crippen LogP contribution in [0.3, 0.4) is 0 Å². The van der Waals surface area contributed by atoms with Gasteiger partial charge in [0.25, 0.3) is 0 Å². The first-order valence-electron chi connectivity index (χ1n) is 6.11. The highest BCUT2D eigenvalue weighted by atomic mass is 32.2. The molecular formula is C13H21N3S. The van der Waals surface area contributed by atoms with E-state index in [-0.39, 0.29) is 0 Å². The first kappa shape index (κ1) is 12.9. The van der Waals surface area contributed by atoms with Crippen LogP contribution in [-0.2, 0) is 0 Å². The molecule has 1 heterocycles. The maximum atomic E-state index is 5.70. The molecule has 1 saturated heterocycles. The van der Waals surface area contributed by atoms with Crippen LogP contribution in [0.15, 0.2) is 29.2 Å². The fraction of sp³-hybridized carbons (Fsp3) is 0.538. The summed E-state index contributed by atoms with van der Waals surface area (Å²) in [5, 5.41) is 0. The first-order chi connectivity index (χ1) is 8.26. The normalized spacial score (nSPS) is 28.5.